The predicted octanol–water partition coefficient (Wildman–Crippen LogP) is 3.44. The highest BCUT2D eigenvalue weighted by Crippen LogP contribution is 2.28. The van der Waals surface area contributed by atoms with Crippen LogP contribution in [0.25, 0.3) is 0 Å². The molecule has 1 aromatic rings. The zero-order chi connectivity index (χ0) is 14.9. The molecule has 0 aliphatic heterocycles. The van der Waals surface area contributed by atoms with E-state index in [0.29, 0.717) is 13.2 Å². The van der Waals surface area contributed by atoms with Gasteiger partial charge < -0.3 is 15.4 Å². The lowest BCUT2D eigenvalue weighted by Crippen LogP contribution is -2.09. The van der Waals surface area contributed by atoms with Crippen LogP contribution in [0, 0.1) is 5.92 Å². The van der Waals surface area contributed by atoms with Crippen LogP contribution in [0.2, 0.25) is 0 Å². The van der Waals surface area contributed by atoms with Crippen LogP contribution < -0.4 is 10.6 Å². The Labute approximate surface area is 127 Å². The Balaban J connectivity index is 1.80. The average Bonchev–Trinajstić information content (AvgIpc) is 3.02. The minimum Gasteiger partial charge on any atom is -0.374 e. The second kappa shape index (κ2) is 8.82. The average molecular weight is 292 g/mol. The summed E-state index contributed by atoms with van der Waals surface area (Å²) in [4.78, 5) is 8.89. The van der Waals surface area contributed by atoms with Gasteiger partial charge in [-0.15, -0.1) is 0 Å². The summed E-state index contributed by atoms with van der Waals surface area (Å²) in [7, 11) is 1.87. The topological polar surface area (TPSA) is 59.1 Å². The molecule has 0 saturated heterocycles. The van der Waals surface area contributed by atoms with Gasteiger partial charge in [0.2, 0.25) is 0 Å². The number of rotatable bonds is 9. The van der Waals surface area contributed by atoms with Crippen molar-refractivity contribution in [1.29, 1.82) is 0 Å². The van der Waals surface area contributed by atoms with Crippen molar-refractivity contribution in [3.05, 3.63) is 11.9 Å². The zero-order valence-electron chi connectivity index (χ0n) is 13.3. The van der Waals surface area contributed by atoms with Crippen molar-refractivity contribution in [3.63, 3.8) is 0 Å². The van der Waals surface area contributed by atoms with Crippen molar-refractivity contribution in [2.75, 3.05) is 30.8 Å². The van der Waals surface area contributed by atoms with Gasteiger partial charge in [-0.3, -0.25) is 0 Å². The van der Waals surface area contributed by atoms with E-state index in [1.54, 1.807) is 0 Å². The second-order valence-corrected chi connectivity index (χ2v) is 5.66. The molecule has 0 spiro atoms. The van der Waals surface area contributed by atoms with Gasteiger partial charge in [-0.1, -0.05) is 25.7 Å². The van der Waals surface area contributed by atoms with Gasteiger partial charge in [0, 0.05) is 26.3 Å². The highest BCUT2D eigenvalue weighted by Gasteiger charge is 2.14. The summed E-state index contributed by atoms with van der Waals surface area (Å²) in [6, 6.07) is 1.95. The Morgan fingerprint density at radius 3 is 2.71 bits per heavy atom. The van der Waals surface area contributed by atoms with Crippen LogP contribution in [0.15, 0.2) is 6.07 Å². The zero-order valence-corrected chi connectivity index (χ0v) is 13.3. The minimum absolute atomic E-state index is 0.461. The molecule has 1 aliphatic rings. The van der Waals surface area contributed by atoms with E-state index in [1.807, 2.05) is 20.0 Å². The molecule has 1 saturated carbocycles. The van der Waals surface area contributed by atoms with Crippen molar-refractivity contribution in [3.8, 4) is 0 Å². The number of ether oxygens (including phenoxy) is 1. The second-order valence-electron chi connectivity index (χ2n) is 5.66. The van der Waals surface area contributed by atoms with E-state index >= 15 is 0 Å². The molecular weight excluding hydrogens is 264 g/mol. The molecule has 5 heteroatoms. The largest absolute Gasteiger partial charge is 0.374 e. The van der Waals surface area contributed by atoms with E-state index in [4.69, 9.17) is 4.74 Å². The fourth-order valence-electron chi connectivity index (χ4n) is 2.88. The Hall–Kier alpha value is -1.36. The number of aromatic nitrogens is 2. The highest BCUT2D eigenvalue weighted by molar-refractivity contribution is 5.47. The monoisotopic (exact) mass is 292 g/mol. The first-order chi connectivity index (χ1) is 10.3. The van der Waals surface area contributed by atoms with Crippen LogP contribution in [-0.4, -0.2) is 30.2 Å². The Bertz CT molecular complexity index is 419. The van der Waals surface area contributed by atoms with E-state index in [2.05, 4.69) is 20.6 Å². The molecule has 2 N–H and O–H groups in total. The number of nitrogens with zero attached hydrogens (tertiary/aromatic N) is 2. The first-order valence-corrected chi connectivity index (χ1v) is 8.19. The van der Waals surface area contributed by atoms with Crippen molar-refractivity contribution in [2.45, 2.75) is 52.1 Å². The van der Waals surface area contributed by atoms with E-state index in [0.717, 1.165) is 29.9 Å². The number of anilines is 2. The van der Waals surface area contributed by atoms with Crippen molar-refractivity contribution < 1.29 is 4.74 Å². The number of hydrogen-bond donors (Lipinski definition) is 2. The van der Waals surface area contributed by atoms with Crippen LogP contribution in [0.3, 0.4) is 0 Å². The fraction of sp³-hybridized carbons (Fsp3) is 0.750. The van der Waals surface area contributed by atoms with Gasteiger partial charge in [0.25, 0.3) is 0 Å². The lowest BCUT2D eigenvalue weighted by molar-refractivity contribution is 0.128. The molecule has 1 fully saturated rings. The molecule has 2 rings (SSSR count). The molecular formula is C16H28N4O. The minimum atomic E-state index is 0.461. The third kappa shape index (κ3) is 5.50. The Morgan fingerprint density at radius 2 is 2.00 bits per heavy atom. The maximum Gasteiger partial charge on any atom is 0.158 e. The number of hydrogen-bond acceptors (Lipinski definition) is 5. The first kappa shape index (κ1) is 16.0. The Morgan fingerprint density at radius 1 is 1.24 bits per heavy atom. The molecule has 0 bridgehead atoms. The van der Waals surface area contributed by atoms with Gasteiger partial charge in [-0.25, -0.2) is 9.97 Å². The number of nitrogens with one attached hydrogen (secondary N) is 2. The molecule has 1 aromatic heterocycles. The van der Waals surface area contributed by atoms with E-state index in [9.17, 15) is 0 Å². The molecule has 0 aromatic carbocycles. The molecule has 0 atom stereocenters. The van der Waals surface area contributed by atoms with Crippen molar-refractivity contribution in [2.24, 2.45) is 5.92 Å². The van der Waals surface area contributed by atoms with Crippen molar-refractivity contribution in [1.82, 2.24) is 9.97 Å². The van der Waals surface area contributed by atoms with E-state index < -0.39 is 0 Å². The first-order valence-electron chi connectivity index (χ1n) is 8.19. The molecule has 21 heavy (non-hydrogen) atoms. The van der Waals surface area contributed by atoms with Crippen LogP contribution >= 0.6 is 0 Å². The van der Waals surface area contributed by atoms with Gasteiger partial charge in [0.15, 0.2) is 5.82 Å². The van der Waals surface area contributed by atoms with Gasteiger partial charge in [-0.05, 0) is 25.7 Å². The van der Waals surface area contributed by atoms with Gasteiger partial charge in [0.05, 0.1) is 0 Å². The Kier molecular flexibility index (Phi) is 6.73. The van der Waals surface area contributed by atoms with Gasteiger partial charge >= 0.3 is 0 Å². The summed E-state index contributed by atoms with van der Waals surface area (Å²) in [6.07, 6.45) is 8.26. The SMILES string of the molecule is CCOCc1nc(NC)cc(NCCCC2CCCC2)n1. The summed E-state index contributed by atoms with van der Waals surface area (Å²) < 4.78 is 5.39. The quantitative estimate of drug-likeness (QED) is 0.683. The summed E-state index contributed by atoms with van der Waals surface area (Å²) in [6.45, 7) is 4.09. The maximum atomic E-state index is 5.39. The summed E-state index contributed by atoms with van der Waals surface area (Å²) in [5.74, 6) is 3.40. The van der Waals surface area contributed by atoms with Gasteiger partial charge in [0.1, 0.15) is 18.2 Å². The molecule has 118 valence electrons. The summed E-state index contributed by atoms with van der Waals surface area (Å²) in [5.41, 5.74) is 0. The molecule has 0 amide bonds. The van der Waals surface area contributed by atoms with E-state index in [1.165, 1.54) is 38.5 Å². The van der Waals surface area contributed by atoms with Crippen LogP contribution in [0.4, 0.5) is 11.6 Å². The van der Waals surface area contributed by atoms with Gasteiger partial charge in [-0.2, -0.15) is 0 Å². The van der Waals surface area contributed by atoms with E-state index in [-0.39, 0.29) is 0 Å². The third-order valence-electron chi connectivity index (χ3n) is 4.03. The third-order valence-corrected chi connectivity index (χ3v) is 4.03. The molecule has 0 radical (unpaired) electrons. The van der Waals surface area contributed by atoms with Crippen molar-refractivity contribution >= 4 is 11.6 Å². The normalized spacial score (nSPS) is 15.3. The van der Waals surface area contributed by atoms with Crippen LogP contribution in [0.5, 0.6) is 0 Å². The predicted molar refractivity (Wildman–Crippen MR) is 86.6 cm³/mol. The molecule has 5 nitrogen and oxygen atoms in total. The summed E-state index contributed by atoms with van der Waals surface area (Å²) >= 11 is 0. The van der Waals surface area contributed by atoms with Crippen LogP contribution in [-0.2, 0) is 11.3 Å². The highest BCUT2D eigenvalue weighted by atomic mass is 16.5. The molecule has 0 unspecified atom stereocenters. The lowest BCUT2D eigenvalue weighted by atomic mass is 10.0. The molecule has 1 aliphatic carbocycles. The smallest absolute Gasteiger partial charge is 0.158 e. The van der Waals surface area contributed by atoms with Crippen LogP contribution in [0.1, 0.15) is 51.3 Å². The summed E-state index contributed by atoms with van der Waals surface area (Å²) in [5, 5.41) is 6.49. The maximum absolute atomic E-state index is 5.39. The molecule has 1 heterocycles. The standard InChI is InChI=1S/C16H28N4O/c1-3-21-12-16-19-14(17-2)11-15(20-16)18-10-6-9-13-7-4-5-8-13/h11,13H,3-10,12H2,1-2H3,(H2,17,18,19,20). The lowest BCUT2D eigenvalue weighted by Gasteiger charge is -2.11. The fourth-order valence-corrected chi connectivity index (χ4v) is 2.88.